The Morgan fingerprint density at radius 3 is 2.57 bits per heavy atom. The van der Waals surface area contributed by atoms with Crippen LogP contribution in [0.4, 0.5) is 5.69 Å². The van der Waals surface area contributed by atoms with Gasteiger partial charge in [-0.2, -0.15) is 0 Å². The maximum Gasteiger partial charge on any atom is 0.244 e. The van der Waals surface area contributed by atoms with Crippen molar-refractivity contribution in [2.75, 3.05) is 18.0 Å². The summed E-state index contributed by atoms with van der Waals surface area (Å²) in [6.07, 6.45) is 0. The average molecular weight is 308 g/mol. The second-order valence-electron chi connectivity index (χ2n) is 6.41. The molecule has 0 aliphatic carbocycles. The zero-order valence-electron chi connectivity index (χ0n) is 14.1. The summed E-state index contributed by atoms with van der Waals surface area (Å²) in [6.45, 7) is 8.66. The number of anilines is 1. The number of nitrogens with zero attached hydrogens (tertiary/aromatic N) is 2. The van der Waals surface area contributed by atoms with Crippen molar-refractivity contribution in [1.82, 2.24) is 4.90 Å². The van der Waals surface area contributed by atoms with E-state index in [-0.39, 0.29) is 11.9 Å². The highest BCUT2D eigenvalue weighted by atomic mass is 16.2. The van der Waals surface area contributed by atoms with E-state index in [1.165, 1.54) is 11.1 Å². The molecule has 0 N–H and O–H groups in total. The first-order chi connectivity index (χ1) is 11.1. The molecule has 1 fully saturated rings. The lowest BCUT2D eigenvalue weighted by atomic mass is 10.1. The van der Waals surface area contributed by atoms with Gasteiger partial charge in [0.1, 0.15) is 0 Å². The molecular formula is C20H24N2O. The van der Waals surface area contributed by atoms with Crippen molar-refractivity contribution in [2.45, 2.75) is 33.4 Å². The molecule has 1 atom stereocenters. The van der Waals surface area contributed by atoms with Crippen molar-refractivity contribution < 1.29 is 4.79 Å². The number of amides is 1. The highest BCUT2D eigenvalue weighted by Crippen LogP contribution is 2.24. The molecule has 2 aromatic carbocycles. The number of para-hydroxylation sites is 1. The average Bonchev–Trinajstić information content (AvgIpc) is 2.53. The quantitative estimate of drug-likeness (QED) is 0.866. The van der Waals surface area contributed by atoms with Gasteiger partial charge in [-0.15, -0.1) is 0 Å². The summed E-state index contributed by atoms with van der Waals surface area (Å²) in [7, 11) is 0. The van der Waals surface area contributed by atoms with Crippen LogP contribution < -0.4 is 4.90 Å². The molecule has 23 heavy (non-hydrogen) atoms. The molecule has 0 aromatic heterocycles. The first-order valence-electron chi connectivity index (χ1n) is 8.23. The Morgan fingerprint density at radius 2 is 1.83 bits per heavy atom. The van der Waals surface area contributed by atoms with Gasteiger partial charge in [0.25, 0.3) is 0 Å². The second-order valence-corrected chi connectivity index (χ2v) is 6.41. The van der Waals surface area contributed by atoms with Gasteiger partial charge in [-0.25, -0.2) is 0 Å². The fraction of sp³-hybridized carbons (Fsp3) is 0.350. The minimum atomic E-state index is -0.0936. The minimum Gasteiger partial charge on any atom is -0.310 e. The van der Waals surface area contributed by atoms with E-state index in [2.05, 4.69) is 49.1 Å². The third-order valence-electron chi connectivity index (χ3n) is 4.66. The van der Waals surface area contributed by atoms with Crippen molar-refractivity contribution in [3.8, 4) is 0 Å². The van der Waals surface area contributed by atoms with E-state index in [0.29, 0.717) is 0 Å². The number of benzene rings is 2. The number of carbonyl (C=O) groups is 1. The third kappa shape index (κ3) is 3.30. The minimum absolute atomic E-state index is 0.0936. The summed E-state index contributed by atoms with van der Waals surface area (Å²) in [5, 5.41) is 0. The van der Waals surface area contributed by atoms with Crippen LogP contribution in [0.5, 0.6) is 0 Å². The molecule has 0 radical (unpaired) electrons. The van der Waals surface area contributed by atoms with Gasteiger partial charge in [-0.05, 0) is 38.0 Å². The summed E-state index contributed by atoms with van der Waals surface area (Å²) < 4.78 is 0. The van der Waals surface area contributed by atoms with Gasteiger partial charge in [0, 0.05) is 25.3 Å². The number of aryl methyl sites for hydroxylation is 2. The first kappa shape index (κ1) is 15.8. The van der Waals surface area contributed by atoms with Gasteiger partial charge in [0.2, 0.25) is 5.91 Å². The summed E-state index contributed by atoms with van der Waals surface area (Å²) in [5.41, 5.74) is 4.73. The molecule has 1 unspecified atom stereocenters. The van der Waals surface area contributed by atoms with Crippen LogP contribution in [0.3, 0.4) is 0 Å². The lowest BCUT2D eigenvalue weighted by molar-refractivity contribution is -0.125. The molecule has 1 aliphatic rings. The molecule has 120 valence electrons. The Balaban J connectivity index is 1.75. The van der Waals surface area contributed by atoms with Crippen LogP contribution >= 0.6 is 0 Å². The van der Waals surface area contributed by atoms with E-state index in [1.54, 1.807) is 0 Å². The zero-order chi connectivity index (χ0) is 16.4. The van der Waals surface area contributed by atoms with E-state index in [4.69, 9.17) is 0 Å². The van der Waals surface area contributed by atoms with Gasteiger partial charge < -0.3 is 4.90 Å². The fourth-order valence-corrected chi connectivity index (χ4v) is 3.28. The molecule has 3 heteroatoms. The van der Waals surface area contributed by atoms with Crippen LogP contribution in [-0.4, -0.2) is 29.9 Å². The van der Waals surface area contributed by atoms with Gasteiger partial charge in [-0.3, -0.25) is 9.69 Å². The highest BCUT2D eigenvalue weighted by Gasteiger charge is 2.32. The Bertz CT molecular complexity index is 710. The lowest BCUT2D eigenvalue weighted by Crippen LogP contribution is -2.55. The molecule has 0 bridgehead atoms. The summed E-state index contributed by atoms with van der Waals surface area (Å²) in [4.78, 5) is 17.0. The van der Waals surface area contributed by atoms with E-state index in [9.17, 15) is 4.79 Å². The first-order valence-corrected chi connectivity index (χ1v) is 8.23. The van der Waals surface area contributed by atoms with Gasteiger partial charge in [0.15, 0.2) is 0 Å². The maximum absolute atomic E-state index is 12.8. The Hall–Kier alpha value is -2.13. The van der Waals surface area contributed by atoms with Crippen LogP contribution in [0.2, 0.25) is 0 Å². The topological polar surface area (TPSA) is 23.6 Å². The van der Waals surface area contributed by atoms with Gasteiger partial charge in [0.05, 0.1) is 6.04 Å². The largest absolute Gasteiger partial charge is 0.310 e. The molecule has 0 spiro atoms. The highest BCUT2D eigenvalue weighted by molar-refractivity contribution is 5.98. The number of hydrogen-bond acceptors (Lipinski definition) is 2. The normalized spacial score (nSPS) is 19.2. The Kier molecular flexibility index (Phi) is 4.49. The summed E-state index contributed by atoms with van der Waals surface area (Å²) >= 11 is 0. The van der Waals surface area contributed by atoms with Crippen LogP contribution in [0.15, 0.2) is 48.5 Å². The molecule has 3 nitrogen and oxygen atoms in total. The predicted molar refractivity (Wildman–Crippen MR) is 94.6 cm³/mol. The molecule has 2 aromatic rings. The van der Waals surface area contributed by atoms with Gasteiger partial charge >= 0.3 is 0 Å². The fourth-order valence-electron chi connectivity index (χ4n) is 3.28. The Labute approximate surface area is 138 Å². The smallest absolute Gasteiger partial charge is 0.244 e. The van der Waals surface area contributed by atoms with Crippen LogP contribution in [0.25, 0.3) is 0 Å². The van der Waals surface area contributed by atoms with Crippen LogP contribution in [0.1, 0.15) is 23.6 Å². The molecule has 3 rings (SSSR count). The van der Waals surface area contributed by atoms with Gasteiger partial charge in [-0.1, -0.05) is 48.0 Å². The monoisotopic (exact) mass is 308 g/mol. The molecule has 1 heterocycles. The van der Waals surface area contributed by atoms with Crippen molar-refractivity contribution in [3.63, 3.8) is 0 Å². The third-order valence-corrected chi connectivity index (χ3v) is 4.66. The lowest BCUT2D eigenvalue weighted by Gasteiger charge is -2.39. The number of hydrogen-bond donors (Lipinski definition) is 0. The van der Waals surface area contributed by atoms with Crippen molar-refractivity contribution in [2.24, 2.45) is 0 Å². The van der Waals surface area contributed by atoms with E-state index < -0.39 is 0 Å². The summed E-state index contributed by atoms with van der Waals surface area (Å²) in [5.74, 6) is 0.193. The molecule has 0 saturated carbocycles. The van der Waals surface area contributed by atoms with Crippen molar-refractivity contribution in [1.29, 1.82) is 0 Å². The van der Waals surface area contributed by atoms with Crippen molar-refractivity contribution in [3.05, 3.63) is 65.2 Å². The molecule has 1 amide bonds. The number of carbonyl (C=O) groups excluding carboxylic acids is 1. The van der Waals surface area contributed by atoms with Crippen LogP contribution in [-0.2, 0) is 11.3 Å². The van der Waals surface area contributed by atoms with Crippen molar-refractivity contribution >= 4 is 11.6 Å². The summed E-state index contributed by atoms with van der Waals surface area (Å²) in [6, 6.07) is 16.5. The van der Waals surface area contributed by atoms with E-state index in [1.807, 2.05) is 30.0 Å². The zero-order valence-corrected chi connectivity index (χ0v) is 14.1. The second kappa shape index (κ2) is 6.55. The van der Waals surface area contributed by atoms with Crippen LogP contribution in [0, 0.1) is 13.8 Å². The molecular weight excluding hydrogens is 284 g/mol. The number of rotatable bonds is 3. The maximum atomic E-state index is 12.8. The standard InChI is InChI=1S/C20H24N2O/c1-15-7-6-9-18(13-15)14-21-11-12-22(20(23)17(21)3)19-10-5-4-8-16(19)2/h4-10,13,17H,11-12,14H2,1-3H3. The SMILES string of the molecule is Cc1cccc(CN2CCN(c3ccccc3C)C(=O)C2C)c1. The molecule has 1 aliphatic heterocycles. The van der Waals surface area contributed by atoms with E-state index in [0.717, 1.165) is 30.9 Å². The molecule has 1 saturated heterocycles. The van der Waals surface area contributed by atoms with E-state index >= 15 is 0 Å². The Morgan fingerprint density at radius 1 is 1.04 bits per heavy atom. The predicted octanol–water partition coefficient (Wildman–Crippen LogP) is 3.54. The number of piperazine rings is 1.